The van der Waals surface area contributed by atoms with Gasteiger partial charge in [0.25, 0.3) is 5.91 Å². The molecule has 0 aliphatic rings. The van der Waals surface area contributed by atoms with Crippen LogP contribution in [-0.4, -0.2) is 38.2 Å². The molecule has 0 spiro atoms. The van der Waals surface area contributed by atoms with Crippen LogP contribution in [0.25, 0.3) is 0 Å². The summed E-state index contributed by atoms with van der Waals surface area (Å²) in [4.78, 5) is 33.5. The van der Waals surface area contributed by atoms with Crippen molar-refractivity contribution in [2.75, 3.05) is 17.2 Å². The average Bonchev–Trinajstić information content (AvgIpc) is 3.02. The van der Waals surface area contributed by atoms with Crippen LogP contribution in [0.1, 0.15) is 39.0 Å². The second-order valence-electron chi connectivity index (χ2n) is 6.39. The quantitative estimate of drug-likeness (QED) is 0.618. The number of hydrogen-bond acceptors (Lipinski definition) is 7. The van der Waals surface area contributed by atoms with E-state index < -0.39 is 5.97 Å². The van der Waals surface area contributed by atoms with Crippen LogP contribution >= 0.6 is 0 Å². The monoisotopic (exact) mass is 394 g/mol. The Morgan fingerprint density at radius 3 is 2.55 bits per heavy atom. The van der Waals surface area contributed by atoms with Crippen LogP contribution in [-0.2, 0) is 11.8 Å². The van der Waals surface area contributed by atoms with Crippen molar-refractivity contribution < 1.29 is 14.3 Å². The average molecular weight is 394 g/mol. The van der Waals surface area contributed by atoms with E-state index in [1.54, 1.807) is 32.2 Å². The number of hydrogen-bond donors (Lipinski definition) is 2. The highest BCUT2D eigenvalue weighted by Crippen LogP contribution is 2.19. The van der Waals surface area contributed by atoms with E-state index >= 15 is 0 Å². The number of aromatic nitrogens is 4. The third-order valence-corrected chi connectivity index (χ3v) is 4.03. The number of esters is 1. The molecule has 3 rings (SSSR count). The van der Waals surface area contributed by atoms with Gasteiger partial charge in [-0.15, -0.1) is 0 Å². The largest absolute Gasteiger partial charge is 0.462 e. The number of benzene rings is 1. The van der Waals surface area contributed by atoms with Gasteiger partial charge >= 0.3 is 5.97 Å². The van der Waals surface area contributed by atoms with Crippen molar-refractivity contribution in [1.82, 2.24) is 19.7 Å². The summed E-state index contributed by atoms with van der Waals surface area (Å²) in [6.07, 6.45) is 1.36. The molecule has 1 amide bonds. The van der Waals surface area contributed by atoms with Crippen molar-refractivity contribution in [2.45, 2.75) is 20.8 Å². The first-order valence-corrected chi connectivity index (χ1v) is 9.07. The van der Waals surface area contributed by atoms with Gasteiger partial charge in [-0.1, -0.05) is 6.07 Å². The van der Waals surface area contributed by atoms with Gasteiger partial charge in [-0.3, -0.25) is 9.48 Å². The molecule has 0 saturated carbocycles. The summed E-state index contributed by atoms with van der Waals surface area (Å²) >= 11 is 0. The highest BCUT2D eigenvalue weighted by atomic mass is 16.5. The number of carbonyl (C=O) groups excluding carboxylic acids is 2. The second-order valence-corrected chi connectivity index (χ2v) is 6.39. The van der Waals surface area contributed by atoms with Gasteiger partial charge in [-0.05, 0) is 45.0 Å². The summed E-state index contributed by atoms with van der Waals surface area (Å²) in [5.74, 6) is -0.205. The molecule has 1 aromatic carbocycles. The lowest BCUT2D eigenvalue weighted by molar-refractivity contribution is 0.0527. The number of carbonyl (C=O) groups is 2. The molecule has 0 fully saturated rings. The van der Waals surface area contributed by atoms with Crippen LogP contribution in [0.3, 0.4) is 0 Å². The van der Waals surface area contributed by atoms with Crippen LogP contribution in [0, 0.1) is 13.8 Å². The minimum absolute atomic E-state index is 0.195. The van der Waals surface area contributed by atoms with Crippen molar-refractivity contribution in [3.63, 3.8) is 0 Å². The number of anilines is 3. The zero-order valence-electron chi connectivity index (χ0n) is 16.7. The van der Waals surface area contributed by atoms with Crippen LogP contribution in [0.4, 0.5) is 17.5 Å². The fourth-order valence-electron chi connectivity index (χ4n) is 2.77. The highest BCUT2D eigenvalue weighted by molar-refractivity contribution is 6.07. The standard InChI is InChI=1S/C20H22N6O3/c1-5-29-19(28)16-11-21-26(4)17(16)25-18(27)14-7-6-8-15(10-14)24-20-22-12(2)9-13(3)23-20/h6-11H,5H2,1-4H3,(H,25,27)(H,22,23,24). The number of nitrogens with zero attached hydrogens (tertiary/aromatic N) is 4. The molecular formula is C20H22N6O3. The lowest BCUT2D eigenvalue weighted by Gasteiger charge is -2.10. The molecule has 9 heteroatoms. The Hall–Kier alpha value is -3.75. The number of amides is 1. The zero-order chi connectivity index (χ0) is 21.0. The third-order valence-electron chi connectivity index (χ3n) is 4.03. The summed E-state index contributed by atoms with van der Waals surface area (Å²) in [6, 6.07) is 8.78. The highest BCUT2D eigenvalue weighted by Gasteiger charge is 2.20. The normalized spacial score (nSPS) is 10.5. The summed E-state index contributed by atoms with van der Waals surface area (Å²) in [5, 5.41) is 9.86. The van der Waals surface area contributed by atoms with Crippen LogP contribution in [0.5, 0.6) is 0 Å². The maximum absolute atomic E-state index is 12.7. The van der Waals surface area contributed by atoms with Crippen LogP contribution in [0.15, 0.2) is 36.5 Å². The van der Waals surface area contributed by atoms with Gasteiger partial charge < -0.3 is 15.4 Å². The Labute approximate surface area is 168 Å². The van der Waals surface area contributed by atoms with Gasteiger partial charge in [-0.2, -0.15) is 5.10 Å². The molecule has 9 nitrogen and oxygen atoms in total. The molecule has 0 aliphatic heterocycles. The summed E-state index contributed by atoms with van der Waals surface area (Å²) < 4.78 is 6.42. The Morgan fingerprint density at radius 1 is 1.14 bits per heavy atom. The van der Waals surface area contributed by atoms with Crippen molar-refractivity contribution in [3.8, 4) is 0 Å². The molecule has 0 radical (unpaired) electrons. The Bertz CT molecular complexity index is 1040. The SMILES string of the molecule is CCOC(=O)c1cnn(C)c1NC(=O)c1cccc(Nc2nc(C)cc(C)n2)c1. The molecule has 0 saturated heterocycles. The fourth-order valence-corrected chi connectivity index (χ4v) is 2.77. The molecule has 0 atom stereocenters. The molecule has 2 N–H and O–H groups in total. The lowest BCUT2D eigenvalue weighted by Crippen LogP contribution is -2.17. The minimum atomic E-state index is -0.543. The Morgan fingerprint density at radius 2 is 1.86 bits per heavy atom. The van der Waals surface area contributed by atoms with E-state index in [1.165, 1.54) is 10.9 Å². The maximum Gasteiger partial charge on any atom is 0.343 e. The van der Waals surface area contributed by atoms with E-state index in [0.29, 0.717) is 17.2 Å². The second kappa shape index (κ2) is 8.51. The Balaban J connectivity index is 1.80. The van der Waals surface area contributed by atoms with Crippen molar-refractivity contribution >= 4 is 29.3 Å². The molecule has 0 aliphatic carbocycles. The molecule has 2 heterocycles. The van der Waals surface area contributed by atoms with Gasteiger partial charge in [0.2, 0.25) is 5.95 Å². The molecule has 2 aromatic heterocycles. The molecular weight excluding hydrogens is 372 g/mol. The van der Waals surface area contributed by atoms with Gasteiger partial charge in [0.15, 0.2) is 0 Å². The summed E-state index contributed by atoms with van der Waals surface area (Å²) in [6.45, 7) is 5.72. The maximum atomic E-state index is 12.7. The summed E-state index contributed by atoms with van der Waals surface area (Å²) in [7, 11) is 1.63. The fraction of sp³-hybridized carbons (Fsp3) is 0.250. The smallest absolute Gasteiger partial charge is 0.343 e. The molecule has 0 unspecified atom stereocenters. The van der Waals surface area contributed by atoms with E-state index in [0.717, 1.165) is 11.4 Å². The third kappa shape index (κ3) is 4.75. The minimum Gasteiger partial charge on any atom is -0.462 e. The van der Waals surface area contributed by atoms with E-state index in [4.69, 9.17) is 4.74 Å². The number of nitrogens with one attached hydrogen (secondary N) is 2. The predicted molar refractivity (Wildman–Crippen MR) is 108 cm³/mol. The van der Waals surface area contributed by atoms with Gasteiger partial charge in [0, 0.05) is 29.7 Å². The van der Waals surface area contributed by atoms with Gasteiger partial charge in [0.1, 0.15) is 11.4 Å². The van der Waals surface area contributed by atoms with E-state index in [1.807, 2.05) is 26.0 Å². The van der Waals surface area contributed by atoms with Gasteiger partial charge in [0.05, 0.1) is 12.8 Å². The Kier molecular flexibility index (Phi) is 5.87. The van der Waals surface area contributed by atoms with E-state index in [2.05, 4.69) is 25.7 Å². The van der Waals surface area contributed by atoms with E-state index in [9.17, 15) is 9.59 Å². The zero-order valence-corrected chi connectivity index (χ0v) is 16.7. The number of aryl methyl sites for hydroxylation is 3. The molecule has 29 heavy (non-hydrogen) atoms. The van der Waals surface area contributed by atoms with Crippen LogP contribution in [0.2, 0.25) is 0 Å². The van der Waals surface area contributed by atoms with E-state index in [-0.39, 0.29) is 23.9 Å². The first-order valence-electron chi connectivity index (χ1n) is 9.07. The first-order chi connectivity index (χ1) is 13.9. The lowest BCUT2D eigenvalue weighted by atomic mass is 10.2. The van der Waals surface area contributed by atoms with Crippen LogP contribution < -0.4 is 10.6 Å². The van der Waals surface area contributed by atoms with Crippen molar-refractivity contribution in [3.05, 3.63) is 59.0 Å². The predicted octanol–water partition coefficient (Wildman–Crippen LogP) is 3.00. The molecule has 0 bridgehead atoms. The molecule has 3 aromatic rings. The van der Waals surface area contributed by atoms with Gasteiger partial charge in [-0.25, -0.2) is 14.8 Å². The first kappa shape index (κ1) is 20.0. The topological polar surface area (TPSA) is 111 Å². The van der Waals surface area contributed by atoms with Crippen molar-refractivity contribution in [1.29, 1.82) is 0 Å². The van der Waals surface area contributed by atoms with Crippen molar-refractivity contribution in [2.24, 2.45) is 7.05 Å². The molecule has 150 valence electrons. The number of ether oxygens (including phenoxy) is 1. The summed E-state index contributed by atoms with van der Waals surface area (Å²) in [5.41, 5.74) is 2.95. The number of rotatable bonds is 6.